The standard InChI is InChI=1S/C13H13NO3S/c15-18(16,17)13-8-4-5-11(9-13)10-14-12-6-2-1-3-7-12/h1-9,14H,10H2,(H,15,16,17). The molecule has 5 heteroatoms. The van der Waals surface area contributed by atoms with Crippen LogP contribution in [0.5, 0.6) is 0 Å². The van der Waals surface area contributed by atoms with E-state index in [1.807, 2.05) is 30.3 Å². The molecule has 0 saturated carbocycles. The van der Waals surface area contributed by atoms with Gasteiger partial charge in [0.15, 0.2) is 0 Å². The van der Waals surface area contributed by atoms with Crippen LogP contribution in [0.4, 0.5) is 5.69 Å². The lowest BCUT2D eigenvalue weighted by Gasteiger charge is -2.07. The van der Waals surface area contributed by atoms with Crippen LogP contribution in [0.15, 0.2) is 59.5 Å². The molecule has 0 saturated heterocycles. The van der Waals surface area contributed by atoms with Gasteiger partial charge in [0.1, 0.15) is 0 Å². The lowest BCUT2D eigenvalue weighted by molar-refractivity contribution is 0.483. The van der Waals surface area contributed by atoms with Crippen molar-refractivity contribution in [3.05, 3.63) is 60.2 Å². The van der Waals surface area contributed by atoms with Crippen LogP contribution in [-0.2, 0) is 16.7 Å². The largest absolute Gasteiger partial charge is 0.381 e. The van der Waals surface area contributed by atoms with Gasteiger partial charge in [0.25, 0.3) is 10.1 Å². The Hall–Kier alpha value is -1.85. The number of para-hydroxylation sites is 1. The summed E-state index contributed by atoms with van der Waals surface area (Å²) in [6.07, 6.45) is 0. The van der Waals surface area contributed by atoms with Gasteiger partial charge in [-0.05, 0) is 29.8 Å². The quantitative estimate of drug-likeness (QED) is 0.832. The fourth-order valence-electron chi connectivity index (χ4n) is 1.58. The maximum Gasteiger partial charge on any atom is 0.294 e. The van der Waals surface area contributed by atoms with Crippen LogP contribution in [0.2, 0.25) is 0 Å². The van der Waals surface area contributed by atoms with Gasteiger partial charge in [-0.15, -0.1) is 0 Å². The molecule has 0 unspecified atom stereocenters. The van der Waals surface area contributed by atoms with Crippen LogP contribution in [0, 0.1) is 0 Å². The normalized spacial score (nSPS) is 11.2. The first-order valence-electron chi connectivity index (χ1n) is 5.41. The molecule has 0 atom stereocenters. The van der Waals surface area contributed by atoms with Crippen molar-refractivity contribution in [3.8, 4) is 0 Å². The van der Waals surface area contributed by atoms with Gasteiger partial charge < -0.3 is 5.32 Å². The second kappa shape index (κ2) is 5.20. The summed E-state index contributed by atoms with van der Waals surface area (Å²) >= 11 is 0. The molecule has 0 bridgehead atoms. The molecule has 18 heavy (non-hydrogen) atoms. The van der Waals surface area contributed by atoms with Crippen molar-refractivity contribution in [1.82, 2.24) is 0 Å². The molecule has 94 valence electrons. The number of hydrogen-bond donors (Lipinski definition) is 2. The third kappa shape index (κ3) is 3.32. The Kier molecular flexibility index (Phi) is 3.64. The zero-order valence-electron chi connectivity index (χ0n) is 9.58. The molecule has 2 aromatic rings. The van der Waals surface area contributed by atoms with E-state index in [2.05, 4.69) is 5.32 Å². The van der Waals surface area contributed by atoms with Gasteiger partial charge in [-0.3, -0.25) is 4.55 Å². The number of hydrogen-bond acceptors (Lipinski definition) is 3. The fourth-order valence-corrected chi connectivity index (χ4v) is 2.13. The van der Waals surface area contributed by atoms with E-state index in [4.69, 9.17) is 4.55 Å². The van der Waals surface area contributed by atoms with Crippen molar-refractivity contribution in [2.45, 2.75) is 11.4 Å². The number of anilines is 1. The highest BCUT2D eigenvalue weighted by molar-refractivity contribution is 7.85. The Morgan fingerprint density at radius 3 is 2.39 bits per heavy atom. The molecule has 0 heterocycles. The van der Waals surface area contributed by atoms with E-state index in [1.54, 1.807) is 12.1 Å². The van der Waals surface area contributed by atoms with Gasteiger partial charge in [0, 0.05) is 12.2 Å². The Labute approximate surface area is 106 Å². The van der Waals surface area contributed by atoms with E-state index >= 15 is 0 Å². The van der Waals surface area contributed by atoms with Crippen molar-refractivity contribution in [2.75, 3.05) is 5.32 Å². The third-order valence-corrected chi connectivity index (χ3v) is 3.32. The predicted octanol–water partition coefficient (Wildman–Crippen LogP) is 2.55. The number of rotatable bonds is 4. The average Bonchev–Trinajstić information content (AvgIpc) is 2.37. The van der Waals surface area contributed by atoms with E-state index in [-0.39, 0.29) is 4.90 Å². The van der Waals surface area contributed by atoms with Crippen molar-refractivity contribution in [2.24, 2.45) is 0 Å². The van der Waals surface area contributed by atoms with Crippen LogP contribution in [0.3, 0.4) is 0 Å². The Bertz CT molecular complexity index is 624. The summed E-state index contributed by atoms with van der Waals surface area (Å²) in [7, 11) is -4.14. The van der Waals surface area contributed by atoms with Gasteiger partial charge >= 0.3 is 0 Å². The van der Waals surface area contributed by atoms with Crippen LogP contribution in [-0.4, -0.2) is 13.0 Å². The predicted molar refractivity (Wildman–Crippen MR) is 70.0 cm³/mol. The maximum absolute atomic E-state index is 11.0. The van der Waals surface area contributed by atoms with Gasteiger partial charge in [-0.2, -0.15) is 8.42 Å². The van der Waals surface area contributed by atoms with Gasteiger partial charge in [-0.1, -0.05) is 30.3 Å². The fraction of sp³-hybridized carbons (Fsp3) is 0.0769. The number of benzene rings is 2. The second-order valence-corrected chi connectivity index (χ2v) is 5.26. The zero-order valence-corrected chi connectivity index (χ0v) is 10.4. The van der Waals surface area contributed by atoms with E-state index in [0.717, 1.165) is 11.3 Å². The summed E-state index contributed by atoms with van der Waals surface area (Å²) in [5.74, 6) is 0. The summed E-state index contributed by atoms with van der Waals surface area (Å²) in [6, 6.07) is 15.8. The van der Waals surface area contributed by atoms with Crippen molar-refractivity contribution >= 4 is 15.8 Å². The molecular formula is C13H13NO3S. The van der Waals surface area contributed by atoms with E-state index in [0.29, 0.717) is 6.54 Å². The van der Waals surface area contributed by atoms with Crippen LogP contribution in [0.25, 0.3) is 0 Å². The summed E-state index contributed by atoms with van der Waals surface area (Å²) in [5, 5.41) is 3.16. The first kappa shape index (κ1) is 12.6. The molecule has 2 rings (SSSR count). The highest BCUT2D eigenvalue weighted by Crippen LogP contribution is 2.13. The molecular weight excluding hydrogens is 250 g/mol. The Morgan fingerprint density at radius 1 is 1.00 bits per heavy atom. The number of nitrogens with one attached hydrogen (secondary N) is 1. The van der Waals surface area contributed by atoms with Crippen molar-refractivity contribution < 1.29 is 13.0 Å². The minimum Gasteiger partial charge on any atom is -0.381 e. The molecule has 0 aliphatic heterocycles. The minimum atomic E-state index is -4.14. The second-order valence-electron chi connectivity index (χ2n) is 3.84. The SMILES string of the molecule is O=S(=O)(O)c1cccc(CNc2ccccc2)c1. The molecule has 0 fully saturated rings. The highest BCUT2D eigenvalue weighted by atomic mass is 32.2. The molecule has 0 radical (unpaired) electrons. The van der Waals surface area contributed by atoms with E-state index in [9.17, 15) is 8.42 Å². The van der Waals surface area contributed by atoms with Crippen molar-refractivity contribution in [1.29, 1.82) is 0 Å². The summed E-state index contributed by atoms with van der Waals surface area (Å²) in [4.78, 5) is -0.0881. The lowest BCUT2D eigenvalue weighted by atomic mass is 10.2. The summed E-state index contributed by atoms with van der Waals surface area (Å²) in [6.45, 7) is 0.493. The summed E-state index contributed by atoms with van der Waals surface area (Å²) in [5.41, 5.74) is 1.74. The maximum atomic E-state index is 11.0. The molecule has 2 aromatic carbocycles. The Balaban J connectivity index is 2.11. The zero-order chi connectivity index (χ0) is 13.0. The molecule has 0 spiro atoms. The lowest BCUT2D eigenvalue weighted by Crippen LogP contribution is -2.02. The monoisotopic (exact) mass is 263 g/mol. The molecule has 4 nitrogen and oxygen atoms in total. The minimum absolute atomic E-state index is 0.0881. The Morgan fingerprint density at radius 2 is 1.72 bits per heavy atom. The van der Waals surface area contributed by atoms with E-state index in [1.165, 1.54) is 12.1 Å². The van der Waals surface area contributed by atoms with Crippen LogP contribution < -0.4 is 5.32 Å². The van der Waals surface area contributed by atoms with Gasteiger partial charge in [-0.25, -0.2) is 0 Å². The van der Waals surface area contributed by atoms with E-state index < -0.39 is 10.1 Å². The van der Waals surface area contributed by atoms with Crippen LogP contribution in [0.1, 0.15) is 5.56 Å². The van der Waals surface area contributed by atoms with Crippen LogP contribution >= 0.6 is 0 Å². The van der Waals surface area contributed by atoms with Gasteiger partial charge in [0.2, 0.25) is 0 Å². The molecule has 0 aliphatic rings. The summed E-state index contributed by atoms with van der Waals surface area (Å²) < 4.78 is 30.9. The first-order valence-corrected chi connectivity index (χ1v) is 6.85. The smallest absolute Gasteiger partial charge is 0.294 e. The topological polar surface area (TPSA) is 66.4 Å². The third-order valence-electron chi connectivity index (χ3n) is 2.47. The molecule has 0 aromatic heterocycles. The molecule has 0 amide bonds. The van der Waals surface area contributed by atoms with Gasteiger partial charge in [0.05, 0.1) is 4.90 Å². The highest BCUT2D eigenvalue weighted by Gasteiger charge is 2.09. The first-order chi connectivity index (χ1) is 8.55. The molecule has 0 aliphatic carbocycles. The molecule has 2 N–H and O–H groups in total. The average molecular weight is 263 g/mol. The van der Waals surface area contributed by atoms with Crippen molar-refractivity contribution in [3.63, 3.8) is 0 Å².